The van der Waals surface area contributed by atoms with Crippen molar-refractivity contribution >= 4 is 0 Å². The van der Waals surface area contributed by atoms with Crippen molar-refractivity contribution in [2.75, 3.05) is 6.54 Å². The topological polar surface area (TPSA) is 26.0 Å². The van der Waals surface area contributed by atoms with Crippen molar-refractivity contribution in [2.45, 2.75) is 26.2 Å². The number of benzene rings is 1. The summed E-state index contributed by atoms with van der Waals surface area (Å²) in [5.41, 5.74) is 7.13. The molecule has 2 N–H and O–H groups in total. The van der Waals surface area contributed by atoms with Crippen molar-refractivity contribution in [3.05, 3.63) is 35.9 Å². The van der Waals surface area contributed by atoms with Crippen LogP contribution in [0.2, 0.25) is 0 Å². The first-order valence-corrected chi connectivity index (χ1v) is 4.99. The highest BCUT2D eigenvalue weighted by atomic mass is 14.5. The minimum Gasteiger partial charge on any atom is -0.330 e. The Hall–Kier alpha value is -0.820. The Morgan fingerprint density at radius 1 is 1.15 bits per heavy atom. The van der Waals surface area contributed by atoms with Crippen LogP contribution in [0.5, 0.6) is 0 Å². The lowest BCUT2D eigenvalue weighted by Crippen LogP contribution is -2.14. The van der Waals surface area contributed by atoms with E-state index in [4.69, 9.17) is 5.73 Å². The predicted octanol–water partition coefficient (Wildman–Crippen LogP) is 2.78. The van der Waals surface area contributed by atoms with Crippen LogP contribution in [0.4, 0.5) is 0 Å². The molecule has 1 heteroatoms. The highest BCUT2D eigenvalue weighted by molar-refractivity contribution is 5.19. The quantitative estimate of drug-likeness (QED) is 0.752. The summed E-state index contributed by atoms with van der Waals surface area (Å²) >= 11 is 0. The molecule has 0 spiro atoms. The van der Waals surface area contributed by atoms with Gasteiger partial charge in [0.1, 0.15) is 0 Å². The zero-order valence-electron chi connectivity index (χ0n) is 8.53. The summed E-state index contributed by atoms with van der Waals surface area (Å²) in [7, 11) is 0. The maximum atomic E-state index is 5.75. The molecule has 72 valence electrons. The lowest BCUT2D eigenvalue weighted by atomic mass is 9.90. The third-order valence-electron chi connectivity index (χ3n) is 2.31. The Morgan fingerprint density at radius 2 is 1.77 bits per heavy atom. The van der Waals surface area contributed by atoms with Crippen LogP contribution in [-0.2, 0) is 0 Å². The van der Waals surface area contributed by atoms with Crippen LogP contribution >= 0.6 is 0 Å². The summed E-state index contributed by atoms with van der Waals surface area (Å²) in [5, 5.41) is 0. The van der Waals surface area contributed by atoms with Crippen molar-refractivity contribution in [3.8, 4) is 0 Å². The molecule has 1 nitrogen and oxygen atoms in total. The fourth-order valence-electron chi connectivity index (χ4n) is 1.66. The summed E-state index contributed by atoms with van der Waals surface area (Å²) in [4.78, 5) is 0. The van der Waals surface area contributed by atoms with Crippen LogP contribution in [0, 0.1) is 5.92 Å². The maximum absolute atomic E-state index is 5.75. The molecule has 1 rings (SSSR count). The van der Waals surface area contributed by atoms with Crippen molar-refractivity contribution in [1.29, 1.82) is 0 Å². The molecule has 0 amide bonds. The van der Waals surface area contributed by atoms with E-state index in [-0.39, 0.29) is 0 Å². The fraction of sp³-hybridized carbons (Fsp3) is 0.500. The minimum atomic E-state index is 0.529. The molecule has 0 aliphatic heterocycles. The molecule has 1 aromatic rings. The van der Waals surface area contributed by atoms with E-state index in [0.29, 0.717) is 11.8 Å². The molecule has 0 radical (unpaired) electrons. The van der Waals surface area contributed by atoms with Crippen molar-refractivity contribution in [3.63, 3.8) is 0 Å². The molecule has 0 saturated carbocycles. The van der Waals surface area contributed by atoms with E-state index in [0.717, 1.165) is 6.54 Å². The Balaban J connectivity index is 2.67. The summed E-state index contributed by atoms with van der Waals surface area (Å²) in [6.45, 7) is 5.24. The zero-order valence-corrected chi connectivity index (χ0v) is 8.53. The van der Waals surface area contributed by atoms with Crippen molar-refractivity contribution in [1.82, 2.24) is 0 Å². The van der Waals surface area contributed by atoms with Gasteiger partial charge >= 0.3 is 0 Å². The Kier molecular flexibility index (Phi) is 3.97. The molecule has 1 aromatic carbocycles. The van der Waals surface area contributed by atoms with Gasteiger partial charge < -0.3 is 5.73 Å². The summed E-state index contributed by atoms with van der Waals surface area (Å²) in [5.74, 6) is 1.25. The highest BCUT2D eigenvalue weighted by Crippen LogP contribution is 2.21. The summed E-state index contributed by atoms with van der Waals surface area (Å²) in [6, 6.07) is 10.5. The van der Waals surface area contributed by atoms with Crippen molar-refractivity contribution in [2.24, 2.45) is 11.7 Å². The number of hydrogen-bond donors (Lipinski definition) is 1. The Bertz CT molecular complexity index is 228. The van der Waals surface area contributed by atoms with Gasteiger partial charge in [-0.2, -0.15) is 0 Å². The second-order valence-electron chi connectivity index (χ2n) is 3.97. The van der Waals surface area contributed by atoms with Crippen LogP contribution < -0.4 is 5.73 Å². The van der Waals surface area contributed by atoms with E-state index in [9.17, 15) is 0 Å². The first-order valence-electron chi connectivity index (χ1n) is 4.99. The molecule has 0 aliphatic carbocycles. The van der Waals surface area contributed by atoms with Gasteiger partial charge in [-0.15, -0.1) is 0 Å². The van der Waals surface area contributed by atoms with Crippen LogP contribution in [-0.4, -0.2) is 6.54 Å². The SMILES string of the molecule is CC(C)CC(CN)c1ccccc1. The molecule has 0 fully saturated rings. The summed E-state index contributed by atoms with van der Waals surface area (Å²) in [6.07, 6.45) is 1.18. The summed E-state index contributed by atoms with van der Waals surface area (Å²) < 4.78 is 0. The van der Waals surface area contributed by atoms with E-state index < -0.39 is 0 Å². The number of nitrogens with two attached hydrogens (primary N) is 1. The molecule has 0 aromatic heterocycles. The maximum Gasteiger partial charge on any atom is -0.000814 e. The van der Waals surface area contributed by atoms with Crippen LogP contribution in [0.25, 0.3) is 0 Å². The van der Waals surface area contributed by atoms with Crippen LogP contribution in [0.1, 0.15) is 31.7 Å². The molecule has 0 bridgehead atoms. The molecular weight excluding hydrogens is 158 g/mol. The largest absolute Gasteiger partial charge is 0.330 e. The zero-order chi connectivity index (χ0) is 9.68. The van der Waals surface area contributed by atoms with E-state index in [1.165, 1.54) is 12.0 Å². The third kappa shape index (κ3) is 3.19. The van der Waals surface area contributed by atoms with Crippen LogP contribution in [0.15, 0.2) is 30.3 Å². The lowest BCUT2D eigenvalue weighted by molar-refractivity contribution is 0.504. The monoisotopic (exact) mass is 177 g/mol. The first-order chi connectivity index (χ1) is 6.24. The second-order valence-corrected chi connectivity index (χ2v) is 3.97. The Morgan fingerprint density at radius 3 is 2.23 bits per heavy atom. The normalized spacial score (nSPS) is 13.2. The smallest absolute Gasteiger partial charge is 0.000814 e. The second kappa shape index (κ2) is 5.03. The molecule has 13 heavy (non-hydrogen) atoms. The molecule has 0 aliphatic rings. The molecule has 0 saturated heterocycles. The molecular formula is C12H19N. The lowest BCUT2D eigenvalue weighted by Gasteiger charge is -2.17. The number of rotatable bonds is 4. The van der Waals surface area contributed by atoms with E-state index in [2.05, 4.69) is 38.1 Å². The van der Waals surface area contributed by atoms with Crippen LogP contribution in [0.3, 0.4) is 0 Å². The van der Waals surface area contributed by atoms with Gasteiger partial charge in [-0.3, -0.25) is 0 Å². The first kappa shape index (κ1) is 10.3. The van der Waals surface area contributed by atoms with E-state index >= 15 is 0 Å². The standard InChI is InChI=1S/C12H19N/c1-10(2)8-12(9-13)11-6-4-3-5-7-11/h3-7,10,12H,8-9,13H2,1-2H3. The van der Waals surface area contributed by atoms with Gasteiger partial charge in [0.2, 0.25) is 0 Å². The van der Waals surface area contributed by atoms with E-state index in [1.807, 2.05) is 6.07 Å². The molecule has 0 heterocycles. The average Bonchev–Trinajstić information content (AvgIpc) is 2.15. The van der Waals surface area contributed by atoms with E-state index in [1.54, 1.807) is 0 Å². The predicted molar refractivity (Wildman–Crippen MR) is 57.7 cm³/mol. The average molecular weight is 177 g/mol. The third-order valence-corrected chi connectivity index (χ3v) is 2.31. The Labute approximate surface area is 81.0 Å². The van der Waals surface area contributed by atoms with Gasteiger partial charge in [0.25, 0.3) is 0 Å². The van der Waals surface area contributed by atoms with Gasteiger partial charge in [-0.1, -0.05) is 44.2 Å². The van der Waals surface area contributed by atoms with Gasteiger partial charge in [-0.25, -0.2) is 0 Å². The van der Waals surface area contributed by atoms with Gasteiger partial charge in [-0.05, 0) is 30.4 Å². The van der Waals surface area contributed by atoms with Gasteiger partial charge in [0, 0.05) is 0 Å². The fourth-order valence-corrected chi connectivity index (χ4v) is 1.66. The number of hydrogen-bond acceptors (Lipinski definition) is 1. The van der Waals surface area contributed by atoms with Gasteiger partial charge in [0.05, 0.1) is 0 Å². The van der Waals surface area contributed by atoms with Gasteiger partial charge in [0.15, 0.2) is 0 Å². The molecule has 1 unspecified atom stereocenters. The molecule has 1 atom stereocenters. The minimum absolute atomic E-state index is 0.529. The highest BCUT2D eigenvalue weighted by Gasteiger charge is 2.10. The van der Waals surface area contributed by atoms with Crippen molar-refractivity contribution < 1.29 is 0 Å².